The van der Waals surface area contributed by atoms with Crippen molar-refractivity contribution in [2.24, 2.45) is 0 Å². The third-order valence-corrected chi connectivity index (χ3v) is 3.35. The minimum Gasteiger partial charge on any atom is -0.380 e. The van der Waals surface area contributed by atoms with Crippen LogP contribution in [0.15, 0.2) is 36.4 Å². The number of nitriles is 1. The van der Waals surface area contributed by atoms with Crippen LogP contribution in [0.1, 0.15) is 29.2 Å². The van der Waals surface area contributed by atoms with Gasteiger partial charge in [-0.3, -0.25) is 0 Å². The van der Waals surface area contributed by atoms with Crippen molar-refractivity contribution in [3.05, 3.63) is 70.3 Å². The third kappa shape index (κ3) is 2.28. The summed E-state index contributed by atoms with van der Waals surface area (Å²) in [4.78, 5) is 0. The minimum atomic E-state index is -1.81. The number of hydrogen-bond donors (Lipinski definition) is 1. The van der Waals surface area contributed by atoms with Crippen molar-refractivity contribution in [2.75, 3.05) is 0 Å². The SMILES string of the molecule is Cc1ccc(F)c(C(C)(O)c2ccc(C#N)cc2)c1F. The lowest BCUT2D eigenvalue weighted by Crippen LogP contribution is -2.26. The number of benzene rings is 2. The predicted octanol–water partition coefficient (Wildman–Crippen LogP) is 3.40. The largest absolute Gasteiger partial charge is 0.380 e. The lowest BCUT2D eigenvalue weighted by molar-refractivity contribution is 0.0932. The van der Waals surface area contributed by atoms with Gasteiger partial charge in [-0.05, 0) is 43.2 Å². The molecule has 1 unspecified atom stereocenters. The van der Waals surface area contributed by atoms with Crippen molar-refractivity contribution in [1.82, 2.24) is 0 Å². The summed E-state index contributed by atoms with van der Waals surface area (Å²) in [5.41, 5.74) is -1.21. The highest BCUT2D eigenvalue weighted by Crippen LogP contribution is 2.34. The number of rotatable bonds is 2. The second kappa shape index (κ2) is 5.03. The molecule has 0 bridgehead atoms. The van der Waals surface area contributed by atoms with E-state index in [1.54, 1.807) is 0 Å². The van der Waals surface area contributed by atoms with Crippen LogP contribution in [-0.4, -0.2) is 5.11 Å². The highest BCUT2D eigenvalue weighted by Gasteiger charge is 2.32. The highest BCUT2D eigenvalue weighted by molar-refractivity contribution is 5.41. The van der Waals surface area contributed by atoms with Gasteiger partial charge >= 0.3 is 0 Å². The number of aryl methyl sites for hydroxylation is 1. The molecular formula is C16H13F2NO. The molecule has 0 spiro atoms. The van der Waals surface area contributed by atoms with Crippen molar-refractivity contribution >= 4 is 0 Å². The molecule has 0 radical (unpaired) electrons. The van der Waals surface area contributed by atoms with Gasteiger partial charge in [-0.25, -0.2) is 8.78 Å². The Hall–Kier alpha value is -2.25. The van der Waals surface area contributed by atoms with Crippen LogP contribution < -0.4 is 0 Å². The molecule has 4 heteroatoms. The average Bonchev–Trinajstić information content (AvgIpc) is 2.43. The van der Waals surface area contributed by atoms with Crippen molar-refractivity contribution in [3.63, 3.8) is 0 Å². The molecule has 0 saturated heterocycles. The van der Waals surface area contributed by atoms with E-state index >= 15 is 0 Å². The Morgan fingerprint density at radius 1 is 1.10 bits per heavy atom. The molecule has 2 nitrogen and oxygen atoms in total. The van der Waals surface area contributed by atoms with Gasteiger partial charge in [-0.1, -0.05) is 18.2 Å². The summed E-state index contributed by atoms with van der Waals surface area (Å²) >= 11 is 0. The molecule has 0 aromatic heterocycles. The normalized spacial score (nSPS) is 13.6. The zero-order chi connectivity index (χ0) is 14.9. The van der Waals surface area contributed by atoms with Gasteiger partial charge in [0.05, 0.1) is 17.2 Å². The van der Waals surface area contributed by atoms with Crippen LogP contribution >= 0.6 is 0 Å². The van der Waals surface area contributed by atoms with Gasteiger partial charge in [0.1, 0.15) is 17.2 Å². The maximum atomic E-state index is 14.1. The van der Waals surface area contributed by atoms with Crippen molar-refractivity contribution in [3.8, 4) is 6.07 Å². The molecule has 20 heavy (non-hydrogen) atoms. The lowest BCUT2D eigenvalue weighted by Gasteiger charge is -2.26. The van der Waals surface area contributed by atoms with Crippen LogP contribution in [0.5, 0.6) is 0 Å². The summed E-state index contributed by atoms with van der Waals surface area (Å²) in [6.07, 6.45) is 0. The van der Waals surface area contributed by atoms with Crippen LogP contribution in [0.25, 0.3) is 0 Å². The third-order valence-electron chi connectivity index (χ3n) is 3.35. The van der Waals surface area contributed by atoms with E-state index in [4.69, 9.17) is 5.26 Å². The standard InChI is InChI=1S/C16H13F2NO/c1-10-3-8-13(17)14(15(10)18)16(2,20)12-6-4-11(9-19)5-7-12/h3-8,20H,1-2H3. The number of hydrogen-bond acceptors (Lipinski definition) is 2. The average molecular weight is 273 g/mol. The van der Waals surface area contributed by atoms with Crippen molar-refractivity contribution in [2.45, 2.75) is 19.4 Å². The van der Waals surface area contributed by atoms with Gasteiger partial charge in [-0.2, -0.15) is 5.26 Å². The summed E-state index contributed by atoms with van der Waals surface area (Å²) in [7, 11) is 0. The Morgan fingerprint density at radius 3 is 2.25 bits per heavy atom. The number of nitrogens with zero attached hydrogens (tertiary/aromatic N) is 1. The molecule has 0 aliphatic heterocycles. The molecular weight excluding hydrogens is 260 g/mol. The van der Waals surface area contributed by atoms with E-state index in [1.807, 2.05) is 6.07 Å². The van der Waals surface area contributed by atoms with E-state index in [2.05, 4.69) is 0 Å². The first-order valence-corrected chi connectivity index (χ1v) is 6.06. The summed E-state index contributed by atoms with van der Waals surface area (Å²) in [5, 5.41) is 19.3. The topological polar surface area (TPSA) is 44.0 Å². The van der Waals surface area contributed by atoms with Crippen LogP contribution in [0.3, 0.4) is 0 Å². The molecule has 1 N–H and O–H groups in total. The molecule has 2 aromatic carbocycles. The van der Waals surface area contributed by atoms with E-state index in [9.17, 15) is 13.9 Å². The van der Waals surface area contributed by atoms with E-state index in [0.717, 1.165) is 6.07 Å². The van der Waals surface area contributed by atoms with Crippen LogP contribution in [0.4, 0.5) is 8.78 Å². The van der Waals surface area contributed by atoms with Crippen molar-refractivity contribution < 1.29 is 13.9 Å². The van der Waals surface area contributed by atoms with E-state index < -0.39 is 17.2 Å². The zero-order valence-corrected chi connectivity index (χ0v) is 11.1. The van der Waals surface area contributed by atoms with Crippen LogP contribution in [-0.2, 0) is 5.60 Å². The Kier molecular flexibility index (Phi) is 3.56. The molecule has 1 atom stereocenters. The minimum absolute atomic E-state index is 0.260. The van der Waals surface area contributed by atoms with Gasteiger partial charge < -0.3 is 5.11 Å². The molecule has 0 amide bonds. The molecule has 102 valence electrons. The second-order valence-electron chi connectivity index (χ2n) is 4.81. The van der Waals surface area contributed by atoms with Crippen molar-refractivity contribution in [1.29, 1.82) is 5.26 Å². The summed E-state index contributed by atoms with van der Waals surface area (Å²) in [6, 6.07) is 10.4. The first-order chi connectivity index (χ1) is 9.37. The summed E-state index contributed by atoms with van der Waals surface area (Å²) in [6.45, 7) is 2.84. The molecule has 2 aromatic rings. The maximum Gasteiger partial charge on any atom is 0.135 e. The molecule has 0 aliphatic rings. The van der Waals surface area contributed by atoms with Gasteiger partial charge in [0.25, 0.3) is 0 Å². The molecule has 0 fully saturated rings. The molecule has 0 saturated carbocycles. The van der Waals surface area contributed by atoms with Gasteiger partial charge in [0.2, 0.25) is 0 Å². The Bertz CT molecular complexity index is 685. The van der Waals surface area contributed by atoms with E-state index in [0.29, 0.717) is 11.1 Å². The monoisotopic (exact) mass is 273 g/mol. The zero-order valence-electron chi connectivity index (χ0n) is 11.1. The Morgan fingerprint density at radius 2 is 1.70 bits per heavy atom. The van der Waals surface area contributed by atoms with E-state index in [-0.39, 0.29) is 11.1 Å². The lowest BCUT2D eigenvalue weighted by atomic mass is 9.86. The Balaban J connectivity index is 2.60. The predicted molar refractivity (Wildman–Crippen MR) is 70.9 cm³/mol. The Labute approximate surface area is 115 Å². The maximum absolute atomic E-state index is 14.1. The van der Waals surface area contributed by atoms with E-state index in [1.165, 1.54) is 44.2 Å². The fourth-order valence-electron chi connectivity index (χ4n) is 2.12. The summed E-state index contributed by atoms with van der Waals surface area (Å²) in [5.74, 6) is -1.57. The number of aliphatic hydroxyl groups is 1. The molecule has 0 aliphatic carbocycles. The second-order valence-corrected chi connectivity index (χ2v) is 4.81. The quantitative estimate of drug-likeness (QED) is 0.911. The van der Waals surface area contributed by atoms with Crippen LogP contribution in [0, 0.1) is 29.9 Å². The number of halogens is 2. The first-order valence-electron chi connectivity index (χ1n) is 6.06. The highest BCUT2D eigenvalue weighted by atomic mass is 19.1. The fourth-order valence-corrected chi connectivity index (χ4v) is 2.12. The summed E-state index contributed by atoms with van der Waals surface area (Å²) < 4.78 is 28.0. The first kappa shape index (κ1) is 14.2. The van der Waals surface area contributed by atoms with Gasteiger partial charge in [-0.15, -0.1) is 0 Å². The van der Waals surface area contributed by atoms with Crippen LogP contribution in [0.2, 0.25) is 0 Å². The fraction of sp³-hybridized carbons (Fsp3) is 0.188. The smallest absolute Gasteiger partial charge is 0.135 e. The van der Waals surface area contributed by atoms with Gasteiger partial charge in [0, 0.05) is 0 Å². The molecule has 0 heterocycles. The molecule has 2 rings (SSSR count). The van der Waals surface area contributed by atoms with Gasteiger partial charge in [0.15, 0.2) is 0 Å².